The fourth-order valence-corrected chi connectivity index (χ4v) is 2.22. The van der Waals surface area contributed by atoms with Gasteiger partial charge in [0.05, 0.1) is 6.54 Å². The van der Waals surface area contributed by atoms with Gasteiger partial charge in [0.1, 0.15) is 18.2 Å². The molecule has 3 N–H and O–H groups in total. The number of nitrogens with one attached hydrogen (secondary N) is 1. The van der Waals surface area contributed by atoms with Crippen molar-refractivity contribution in [3.05, 3.63) is 59.2 Å². The van der Waals surface area contributed by atoms with E-state index in [0.717, 1.165) is 6.07 Å². The first-order chi connectivity index (χ1) is 11.4. The Hall–Kier alpha value is -2.96. The molecule has 2 rings (SSSR count). The third-order valence-electron chi connectivity index (χ3n) is 3.34. The van der Waals surface area contributed by atoms with Crippen molar-refractivity contribution in [2.75, 3.05) is 13.2 Å². The van der Waals surface area contributed by atoms with E-state index in [2.05, 4.69) is 10.1 Å². The largest absolute Gasteiger partial charge is 0.448 e. The van der Waals surface area contributed by atoms with Gasteiger partial charge >= 0.3 is 6.09 Å². The first-order valence-corrected chi connectivity index (χ1v) is 7.15. The van der Waals surface area contributed by atoms with E-state index in [9.17, 15) is 18.4 Å². The van der Waals surface area contributed by atoms with Gasteiger partial charge in [-0.1, -0.05) is 12.1 Å². The van der Waals surface area contributed by atoms with Crippen molar-refractivity contribution in [2.45, 2.75) is 6.92 Å². The SMILES string of the molecule is Cc1cc(F)ccc1-c1ccc(C(=O)NCCOC(N)=O)cc1F. The Labute approximate surface area is 137 Å². The highest BCUT2D eigenvalue weighted by atomic mass is 19.1. The molecular weight excluding hydrogens is 318 g/mol. The number of aryl methyl sites for hydroxylation is 1. The van der Waals surface area contributed by atoms with Crippen LogP contribution in [0.5, 0.6) is 0 Å². The van der Waals surface area contributed by atoms with Crippen LogP contribution in [0.2, 0.25) is 0 Å². The number of hydrogen-bond acceptors (Lipinski definition) is 3. The zero-order valence-electron chi connectivity index (χ0n) is 12.9. The molecule has 0 spiro atoms. The summed E-state index contributed by atoms with van der Waals surface area (Å²) >= 11 is 0. The van der Waals surface area contributed by atoms with Gasteiger partial charge in [0.25, 0.3) is 5.91 Å². The fraction of sp³-hybridized carbons (Fsp3) is 0.176. The molecule has 0 saturated carbocycles. The van der Waals surface area contributed by atoms with Crippen LogP contribution in [0.15, 0.2) is 36.4 Å². The second-order valence-corrected chi connectivity index (χ2v) is 5.08. The Morgan fingerprint density at radius 2 is 1.83 bits per heavy atom. The number of carbonyl (C=O) groups is 2. The molecule has 0 aliphatic rings. The molecule has 2 amide bonds. The number of primary amides is 1. The number of carbonyl (C=O) groups excluding carboxylic acids is 2. The van der Waals surface area contributed by atoms with Crippen molar-refractivity contribution >= 4 is 12.0 Å². The van der Waals surface area contributed by atoms with Gasteiger partial charge in [-0.25, -0.2) is 13.6 Å². The lowest BCUT2D eigenvalue weighted by atomic mass is 9.98. The van der Waals surface area contributed by atoms with Gasteiger partial charge in [0.15, 0.2) is 0 Å². The summed E-state index contributed by atoms with van der Waals surface area (Å²) in [5.74, 6) is -1.50. The summed E-state index contributed by atoms with van der Waals surface area (Å²) in [5.41, 5.74) is 6.33. The highest BCUT2D eigenvalue weighted by Crippen LogP contribution is 2.27. The van der Waals surface area contributed by atoms with Gasteiger partial charge in [0, 0.05) is 11.1 Å². The first-order valence-electron chi connectivity index (χ1n) is 7.15. The third kappa shape index (κ3) is 4.28. The van der Waals surface area contributed by atoms with Gasteiger partial charge in [-0.3, -0.25) is 4.79 Å². The number of amides is 2. The van der Waals surface area contributed by atoms with Crippen LogP contribution in [-0.2, 0) is 4.74 Å². The molecule has 5 nitrogen and oxygen atoms in total. The molecule has 0 bridgehead atoms. The van der Waals surface area contributed by atoms with Crippen molar-refractivity contribution in [1.82, 2.24) is 5.32 Å². The predicted molar refractivity (Wildman–Crippen MR) is 84.4 cm³/mol. The number of halogens is 2. The molecule has 0 atom stereocenters. The summed E-state index contributed by atoms with van der Waals surface area (Å²) in [6.45, 7) is 1.66. The van der Waals surface area contributed by atoms with E-state index in [-0.39, 0.29) is 24.3 Å². The predicted octanol–water partition coefficient (Wildman–Crippen LogP) is 2.77. The molecule has 0 saturated heterocycles. The van der Waals surface area contributed by atoms with Crippen LogP contribution in [-0.4, -0.2) is 25.2 Å². The van der Waals surface area contributed by atoms with Crippen LogP contribution >= 0.6 is 0 Å². The molecule has 0 heterocycles. The molecule has 0 fully saturated rings. The maximum Gasteiger partial charge on any atom is 0.404 e. The number of ether oxygens (including phenoxy) is 1. The van der Waals surface area contributed by atoms with Gasteiger partial charge in [-0.05, 0) is 42.3 Å². The Balaban J connectivity index is 2.11. The normalized spacial score (nSPS) is 10.3. The lowest BCUT2D eigenvalue weighted by molar-refractivity contribution is 0.0936. The van der Waals surface area contributed by atoms with E-state index >= 15 is 0 Å². The molecule has 0 unspecified atom stereocenters. The van der Waals surface area contributed by atoms with Gasteiger partial charge in [-0.2, -0.15) is 0 Å². The van der Waals surface area contributed by atoms with E-state index in [1.807, 2.05) is 0 Å². The zero-order chi connectivity index (χ0) is 17.7. The molecular formula is C17H16F2N2O3. The summed E-state index contributed by atoms with van der Waals surface area (Å²) in [4.78, 5) is 22.3. The summed E-state index contributed by atoms with van der Waals surface area (Å²) in [5, 5.41) is 2.47. The van der Waals surface area contributed by atoms with E-state index in [4.69, 9.17) is 5.73 Å². The Morgan fingerprint density at radius 1 is 1.12 bits per heavy atom. The van der Waals surface area contributed by atoms with Crippen molar-refractivity contribution in [2.24, 2.45) is 5.73 Å². The van der Waals surface area contributed by atoms with E-state index < -0.39 is 23.6 Å². The highest BCUT2D eigenvalue weighted by Gasteiger charge is 2.12. The van der Waals surface area contributed by atoms with Crippen LogP contribution in [0.3, 0.4) is 0 Å². The molecule has 0 radical (unpaired) electrons. The van der Waals surface area contributed by atoms with Crippen molar-refractivity contribution in [3.63, 3.8) is 0 Å². The molecule has 7 heteroatoms. The third-order valence-corrected chi connectivity index (χ3v) is 3.34. The van der Waals surface area contributed by atoms with Crippen LogP contribution < -0.4 is 11.1 Å². The Kier molecular flexibility index (Phi) is 5.47. The minimum absolute atomic E-state index is 0.0578. The van der Waals surface area contributed by atoms with Crippen molar-refractivity contribution < 1.29 is 23.1 Å². The lowest BCUT2D eigenvalue weighted by Crippen LogP contribution is -2.29. The van der Waals surface area contributed by atoms with Crippen molar-refractivity contribution in [1.29, 1.82) is 0 Å². The molecule has 0 aliphatic heterocycles. The summed E-state index contributed by atoms with van der Waals surface area (Å²) in [6.07, 6.45) is -0.936. The van der Waals surface area contributed by atoms with Crippen LogP contribution in [0.25, 0.3) is 11.1 Å². The highest BCUT2D eigenvalue weighted by molar-refractivity contribution is 5.94. The smallest absolute Gasteiger partial charge is 0.404 e. The Bertz CT molecular complexity index is 778. The number of rotatable bonds is 5. The van der Waals surface area contributed by atoms with Gasteiger partial charge in [-0.15, -0.1) is 0 Å². The molecule has 126 valence electrons. The topological polar surface area (TPSA) is 81.4 Å². The molecule has 2 aromatic rings. The summed E-state index contributed by atoms with van der Waals surface area (Å²) in [6, 6.07) is 8.08. The molecule has 0 aliphatic carbocycles. The van der Waals surface area contributed by atoms with Crippen LogP contribution in [0, 0.1) is 18.6 Å². The van der Waals surface area contributed by atoms with Crippen LogP contribution in [0.4, 0.5) is 13.6 Å². The minimum atomic E-state index is -0.936. The minimum Gasteiger partial charge on any atom is -0.448 e. The summed E-state index contributed by atoms with van der Waals surface area (Å²) < 4.78 is 31.9. The average Bonchev–Trinajstić information content (AvgIpc) is 2.52. The fourth-order valence-electron chi connectivity index (χ4n) is 2.22. The van der Waals surface area contributed by atoms with Crippen molar-refractivity contribution in [3.8, 4) is 11.1 Å². The number of benzene rings is 2. The number of nitrogens with two attached hydrogens (primary N) is 1. The average molecular weight is 334 g/mol. The monoisotopic (exact) mass is 334 g/mol. The molecule has 24 heavy (non-hydrogen) atoms. The van der Waals surface area contributed by atoms with E-state index in [0.29, 0.717) is 11.1 Å². The maximum atomic E-state index is 14.3. The van der Waals surface area contributed by atoms with Gasteiger partial charge in [0.2, 0.25) is 0 Å². The summed E-state index contributed by atoms with van der Waals surface area (Å²) in [7, 11) is 0. The molecule has 0 aromatic heterocycles. The molecule has 2 aromatic carbocycles. The standard InChI is InChI=1S/C17H16F2N2O3/c1-10-8-12(18)3-5-13(10)14-4-2-11(9-15(14)19)16(22)21-6-7-24-17(20)23/h2-5,8-9H,6-7H2,1H3,(H2,20,23)(H,21,22). The maximum absolute atomic E-state index is 14.3. The zero-order valence-corrected chi connectivity index (χ0v) is 12.9. The quantitative estimate of drug-likeness (QED) is 0.825. The Morgan fingerprint density at radius 3 is 2.46 bits per heavy atom. The number of hydrogen-bond donors (Lipinski definition) is 2. The second-order valence-electron chi connectivity index (χ2n) is 5.08. The van der Waals surface area contributed by atoms with Crippen LogP contribution in [0.1, 0.15) is 15.9 Å². The van der Waals surface area contributed by atoms with E-state index in [1.54, 1.807) is 6.92 Å². The van der Waals surface area contributed by atoms with Gasteiger partial charge < -0.3 is 15.8 Å². The first kappa shape index (κ1) is 17.4. The van der Waals surface area contributed by atoms with E-state index in [1.165, 1.54) is 30.3 Å². The second kappa shape index (κ2) is 7.54. The lowest BCUT2D eigenvalue weighted by Gasteiger charge is -2.10.